The second-order valence-corrected chi connectivity index (χ2v) is 12.2. The van der Waals surface area contributed by atoms with Crippen LogP contribution in [-0.2, 0) is 14.3 Å². The highest BCUT2D eigenvalue weighted by atomic mass is 35.5. The Bertz CT molecular complexity index is 1580. The average Bonchev–Trinajstić information content (AvgIpc) is 3.02. The molecule has 0 aliphatic carbocycles. The Hall–Kier alpha value is -3.68. The third-order valence-electron chi connectivity index (χ3n) is 8.70. The molecule has 1 atom stereocenters. The predicted molar refractivity (Wildman–Crippen MR) is 172 cm³/mol. The van der Waals surface area contributed by atoms with Crippen LogP contribution in [0, 0.1) is 11.3 Å². The summed E-state index contributed by atoms with van der Waals surface area (Å²) in [6, 6.07) is 18.2. The number of primary amides is 1. The van der Waals surface area contributed by atoms with Crippen LogP contribution >= 0.6 is 23.2 Å². The van der Waals surface area contributed by atoms with Crippen molar-refractivity contribution in [3.05, 3.63) is 81.3 Å². The maximum atomic E-state index is 14.2. The number of halogens is 2. The molecule has 1 aliphatic rings. The van der Waals surface area contributed by atoms with Crippen LogP contribution in [0.1, 0.15) is 46.7 Å². The number of ether oxygens (including phenoxy) is 1. The first-order chi connectivity index (χ1) is 21.0. The molecule has 9 nitrogen and oxygen atoms in total. The molecule has 1 fully saturated rings. The lowest BCUT2D eigenvalue weighted by atomic mass is 9.85. The molecule has 0 aromatic heterocycles. The van der Waals surface area contributed by atoms with Crippen molar-refractivity contribution in [2.24, 2.45) is 5.73 Å². The highest BCUT2D eigenvalue weighted by Gasteiger charge is 2.41. The Kier molecular flexibility index (Phi) is 10.9. The van der Waals surface area contributed by atoms with E-state index >= 15 is 0 Å². The van der Waals surface area contributed by atoms with E-state index in [4.69, 9.17) is 33.7 Å². The number of fused-ring (bicyclic) bond motifs is 1. The van der Waals surface area contributed by atoms with Gasteiger partial charge in [0.1, 0.15) is 12.1 Å². The van der Waals surface area contributed by atoms with Crippen LogP contribution in [0.3, 0.4) is 0 Å². The summed E-state index contributed by atoms with van der Waals surface area (Å²) in [7, 11) is 5.04. The summed E-state index contributed by atoms with van der Waals surface area (Å²) < 4.78 is 4.96. The van der Waals surface area contributed by atoms with Crippen molar-refractivity contribution in [2.75, 3.05) is 53.9 Å². The third-order valence-corrected chi connectivity index (χ3v) is 9.44. The van der Waals surface area contributed by atoms with E-state index in [9.17, 15) is 19.6 Å². The molecule has 3 aromatic rings. The number of esters is 1. The average molecular weight is 639 g/mol. The number of carbonyl (C=O) groups is 3. The smallest absolute Gasteiger partial charge is 0.325 e. The molecule has 0 unspecified atom stereocenters. The van der Waals surface area contributed by atoms with E-state index in [-0.39, 0.29) is 30.8 Å². The summed E-state index contributed by atoms with van der Waals surface area (Å²) in [5.41, 5.74) is 6.67. The molecular weight excluding hydrogens is 601 g/mol. The first-order valence-corrected chi connectivity index (χ1v) is 15.2. The Labute approximate surface area is 268 Å². The number of likely N-dealkylation sites (N-methyl/N-ethyl adjacent to an activating group) is 1. The topological polar surface area (TPSA) is 120 Å². The fourth-order valence-electron chi connectivity index (χ4n) is 5.96. The standard InChI is InChI=1S/C33H37Cl2N5O4/c1-38(2)33(32(37)43)11-14-39(15-12-33)13-10-25(23-8-9-28(34)29(35)18-23)20-40(21-30(41)44-3)31(42)27-17-22(19-36)16-24-6-4-5-7-26(24)27/h4-9,16-18,25H,10-15,20-21H2,1-3H3,(H2,37,43)/t25-/m1/s1. The van der Waals surface area contributed by atoms with E-state index in [0.29, 0.717) is 65.5 Å². The van der Waals surface area contributed by atoms with Gasteiger partial charge in [-0.3, -0.25) is 19.3 Å². The van der Waals surface area contributed by atoms with Gasteiger partial charge in [-0.2, -0.15) is 5.26 Å². The predicted octanol–water partition coefficient (Wildman–Crippen LogP) is 4.69. The summed E-state index contributed by atoms with van der Waals surface area (Å²) >= 11 is 12.7. The molecular formula is C33H37Cl2N5O4. The van der Waals surface area contributed by atoms with Crippen molar-refractivity contribution in [2.45, 2.75) is 30.7 Å². The molecule has 2 amide bonds. The number of hydrogen-bond donors (Lipinski definition) is 1. The SMILES string of the molecule is COC(=O)CN(C[C@@H](CCN1CCC(C(N)=O)(N(C)C)CC1)c1ccc(Cl)c(Cl)c1)C(=O)c1cc(C#N)cc2ccccc12. The van der Waals surface area contributed by atoms with E-state index in [0.717, 1.165) is 10.9 Å². The lowest BCUT2D eigenvalue weighted by Gasteiger charge is -2.44. The quantitative estimate of drug-likeness (QED) is 0.303. The molecule has 0 saturated carbocycles. The van der Waals surface area contributed by atoms with Crippen molar-refractivity contribution in [1.82, 2.24) is 14.7 Å². The molecule has 2 N–H and O–H groups in total. The van der Waals surface area contributed by atoms with E-state index in [2.05, 4.69) is 11.0 Å². The molecule has 232 valence electrons. The Morgan fingerprint density at radius 2 is 1.77 bits per heavy atom. The zero-order valence-electron chi connectivity index (χ0n) is 25.2. The third kappa shape index (κ3) is 7.33. The minimum Gasteiger partial charge on any atom is -0.468 e. The van der Waals surface area contributed by atoms with Gasteiger partial charge in [-0.1, -0.05) is 53.5 Å². The second-order valence-electron chi connectivity index (χ2n) is 11.4. The molecule has 44 heavy (non-hydrogen) atoms. The number of nitrogens with two attached hydrogens (primary N) is 1. The van der Waals surface area contributed by atoms with Crippen molar-refractivity contribution >= 4 is 51.8 Å². The molecule has 1 saturated heterocycles. The first kappa shape index (κ1) is 33.2. The zero-order chi connectivity index (χ0) is 32.0. The number of piperidine rings is 1. The van der Waals surface area contributed by atoms with Gasteiger partial charge in [0.05, 0.1) is 28.8 Å². The summed E-state index contributed by atoms with van der Waals surface area (Å²) in [6.45, 7) is 1.97. The molecule has 11 heteroatoms. The van der Waals surface area contributed by atoms with Crippen molar-refractivity contribution in [1.29, 1.82) is 5.26 Å². The second kappa shape index (κ2) is 14.4. The molecule has 1 aliphatic heterocycles. The van der Waals surface area contributed by atoms with Gasteiger partial charge in [0, 0.05) is 31.1 Å². The molecule has 1 heterocycles. The van der Waals surface area contributed by atoms with Gasteiger partial charge >= 0.3 is 5.97 Å². The fraction of sp³-hybridized carbons (Fsp3) is 0.394. The van der Waals surface area contributed by atoms with Crippen LogP contribution in [0.5, 0.6) is 0 Å². The van der Waals surface area contributed by atoms with Gasteiger partial charge in [0.15, 0.2) is 0 Å². The number of nitrogens with zero attached hydrogens (tertiary/aromatic N) is 4. The zero-order valence-corrected chi connectivity index (χ0v) is 26.7. The molecule has 0 bridgehead atoms. The Balaban J connectivity index is 1.64. The number of benzene rings is 3. The molecule has 0 radical (unpaired) electrons. The van der Waals surface area contributed by atoms with E-state index in [1.54, 1.807) is 24.3 Å². The van der Waals surface area contributed by atoms with E-state index < -0.39 is 11.5 Å². The van der Waals surface area contributed by atoms with E-state index in [1.807, 2.05) is 49.3 Å². The van der Waals surface area contributed by atoms with Crippen molar-refractivity contribution in [3.63, 3.8) is 0 Å². The van der Waals surface area contributed by atoms with Crippen LogP contribution in [-0.4, -0.2) is 92.0 Å². The maximum Gasteiger partial charge on any atom is 0.325 e. The normalized spacial score (nSPS) is 15.5. The molecule has 4 rings (SSSR count). The fourth-order valence-corrected chi connectivity index (χ4v) is 6.26. The van der Waals surface area contributed by atoms with Crippen LogP contribution < -0.4 is 5.73 Å². The van der Waals surface area contributed by atoms with Gasteiger partial charge in [0.2, 0.25) is 5.91 Å². The highest BCUT2D eigenvalue weighted by molar-refractivity contribution is 6.42. The summed E-state index contributed by atoms with van der Waals surface area (Å²) in [5.74, 6) is -1.49. The maximum absolute atomic E-state index is 14.2. The van der Waals surface area contributed by atoms with Gasteiger partial charge in [-0.25, -0.2) is 0 Å². The van der Waals surface area contributed by atoms with E-state index in [1.165, 1.54) is 12.0 Å². The number of nitriles is 1. The van der Waals surface area contributed by atoms with Crippen LogP contribution in [0.2, 0.25) is 10.0 Å². The number of likely N-dealkylation sites (tertiary alicyclic amines) is 1. The van der Waals surface area contributed by atoms with Gasteiger partial charge < -0.3 is 20.3 Å². The summed E-state index contributed by atoms with van der Waals surface area (Å²) in [5, 5.41) is 11.9. The van der Waals surface area contributed by atoms with Crippen LogP contribution in [0.4, 0.5) is 0 Å². The Morgan fingerprint density at radius 3 is 2.39 bits per heavy atom. The molecule has 3 aromatic carbocycles. The lowest BCUT2D eigenvalue weighted by Crippen LogP contribution is -2.60. The van der Waals surface area contributed by atoms with Crippen LogP contribution in [0.15, 0.2) is 54.6 Å². The summed E-state index contributed by atoms with van der Waals surface area (Å²) in [4.78, 5) is 44.7. The Morgan fingerprint density at radius 1 is 1.07 bits per heavy atom. The minimum absolute atomic E-state index is 0.188. The number of hydrogen-bond acceptors (Lipinski definition) is 7. The van der Waals surface area contributed by atoms with Crippen molar-refractivity contribution < 1.29 is 19.1 Å². The van der Waals surface area contributed by atoms with Crippen molar-refractivity contribution in [3.8, 4) is 6.07 Å². The summed E-state index contributed by atoms with van der Waals surface area (Å²) in [6.07, 6.45) is 1.86. The number of carbonyl (C=O) groups excluding carboxylic acids is 3. The lowest BCUT2D eigenvalue weighted by molar-refractivity contribution is -0.141. The molecule has 0 spiro atoms. The minimum atomic E-state index is -0.677. The van der Waals surface area contributed by atoms with Gasteiger partial charge in [-0.15, -0.1) is 0 Å². The highest BCUT2D eigenvalue weighted by Crippen LogP contribution is 2.32. The first-order valence-electron chi connectivity index (χ1n) is 14.4. The largest absolute Gasteiger partial charge is 0.468 e. The van der Waals surface area contributed by atoms with Gasteiger partial charge in [0.25, 0.3) is 5.91 Å². The number of methoxy groups -OCH3 is 1. The van der Waals surface area contributed by atoms with Crippen LogP contribution in [0.25, 0.3) is 10.8 Å². The number of amides is 2. The number of rotatable bonds is 11. The van der Waals surface area contributed by atoms with Gasteiger partial charge in [-0.05, 0) is 80.5 Å². The monoisotopic (exact) mass is 637 g/mol.